The van der Waals surface area contributed by atoms with E-state index in [2.05, 4.69) is 47.6 Å². The highest BCUT2D eigenvalue weighted by atomic mass is 16.7. The first-order chi connectivity index (χ1) is 27.8. The molecule has 338 valence electrons. The lowest BCUT2D eigenvalue weighted by Gasteiger charge is -2.72. The highest BCUT2D eigenvalue weighted by Gasteiger charge is 2.73. The number of carbonyl (C=O) groups is 3. The Hall–Kier alpha value is -2.57. The Kier molecular flexibility index (Phi) is 12.7. The molecule has 0 aromatic carbocycles. The molecule has 0 spiro atoms. The second-order valence-electron chi connectivity index (χ2n) is 21.8. The number of hydrogen-bond acceptors (Lipinski definition) is 11. The van der Waals surface area contributed by atoms with Gasteiger partial charge in [-0.25, -0.2) is 9.59 Å². The summed E-state index contributed by atoms with van der Waals surface area (Å²) in [5, 5.41) is 36.6. The Bertz CT molecular complexity index is 1780. The van der Waals surface area contributed by atoms with Crippen LogP contribution >= 0.6 is 0 Å². The average Bonchev–Trinajstić information content (AvgIpc) is 3.17. The summed E-state index contributed by atoms with van der Waals surface area (Å²) in [6.07, 6.45) is 2.20. The van der Waals surface area contributed by atoms with Crippen molar-refractivity contribution >= 4 is 17.9 Å². The molecule has 1 heterocycles. The van der Waals surface area contributed by atoms with Crippen LogP contribution in [-0.4, -0.2) is 88.9 Å². The second kappa shape index (κ2) is 16.2. The third-order valence-electron chi connectivity index (χ3n) is 18.2. The van der Waals surface area contributed by atoms with Crippen LogP contribution < -0.4 is 0 Å². The van der Waals surface area contributed by atoms with E-state index in [1.807, 2.05) is 13.8 Å². The molecule has 4 saturated carbocycles. The summed E-state index contributed by atoms with van der Waals surface area (Å²) in [6.45, 7) is 27.8. The van der Waals surface area contributed by atoms with Crippen molar-refractivity contribution in [2.75, 3.05) is 6.61 Å². The summed E-state index contributed by atoms with van der Waals surface area (Å²) in [5.74, 6) is -0.623. The zero-order valence-corrected chi connectivity index (χ0v) is 38.9. The van der Waals surface area contributed by atoms with E-state index in [0.717, 1.165) is 19.3 Å². The first-order valence-corrected chi connectivity index (χ1v) is 22.7. The molecule has 5 aliphatic carbocycles. The number of rotatable bonds is 8. The fraction of sp³-hybridized carbons (Fsp3) is 0.816. The smallest absolute Gasteiger partial charge is 0.333 e. The van der Waals surface area contributed by atoms with E-state index in [9.17, 15) is 29.7 Å². The minimum atomic E-state index is -1.64. The molecular weight excluding hydrogens is 765 g/mol. The number of aliphatic hydroxyl groups is 3. The van der Waals surface area contributed by atoms with E-state index >= 15 is 0 Å². The highest BCUT2D eigenvalue weighted by molar-refractivity contribution is 5.88. The fourth-order valence-corrected chi connectivity index (χ4v) is 13.8. The van der Waals surface area contributed by atoms with Gasteiger partial charge in [0.25, 0.3) is 0 Å². The van der Waals surface area contributed by atoms with Gasteiger partial charge in [-0.1, -0.05) is 79.2 Å². The Morgan fingerprint density at radius 2 is 1.42 bits per heavy atom. The molecule has 0 radical (unpaired) electrons. The summed E-state index contributed by atoms with van der Waals surface area (Å²) in [5.41, 5.74) is -0.380. The Labute approximate surface area is 359 Å². The highest BCUT2D eigenvalue weighted by Crippen LogP contribution is 2.76. The third-order valence-corrected chi connectivity index (χ3v) is 18.2. The standard InChI is InChI=1S/C49H76O11/c1-15-26(3)41(54)58-37-29(6)56-43(36(53)38(37)59-42(55)27(4)16-2)60-39-40(57-30(7)51)49(25-50)32(23-44(39,8)9)31-17-18-34-46(12)21-19-28(5)45(10,11)33(46)20-22-47(34,13)48(31,14)24-35(49)52/h15-17,28-29,32-40,43,50,52-53H,18-25H2,1-14H3/t28-,29?,32?,33?,34?,35-,36?,37-,38+,39-,40+,43-,46-,47+,48+,49-/m0/s1. The van der Waals surface area contributed by atoms with Crippen molar-refractivity contribution in [1.29, 1.82) is 0 Å². The molecule has 0 amide bonds. The van der Waals surface area contributed by atoms with Crippen molar-refractivity contribution in [3.8, 4) is 0 Å². The van der Waals surface area contributed by atoms with Crippen LogP contribution in [0.1, 0.15) is 142 Å². The first kappa shape index (κ1) is 46.9. The molecule has 3 N–H and O–H groups in total. The molecule has 16 atom stereocenters. The van der Waals surface area contributed by atoms with Crippen molar-refractivity contribution < 1.29 is 53.4 Å². The van der Waals surface area contributed by atoms with Crippen LogP contribution in [-0.2, 0) is 38.1 Å². The lowest BCUT2D eigenvalue weighted by Crippen LogP contribution is -2.73. The van der Waals surface area contributed by atoms with Gasteiger partial charge in [0.1, 0.15) is 18.3 Å². The van der Waals surface area contributed by atoms with Crippen molar-refractivity contribution in [2.24, 2.45) is 56.2 Å². The molecule has 11 heteroatoms. The van der Waals surface area contributed by atoms with E-state index in [-0.39, 0.29) is 27.6 Å². The third kappa shape index (κ3) is 7.07. The molecule has 11 nitrogen and oxygen atoms in total. The summed E-state index contributed by atoms with van der Waals surface area (Å²) < 4.78 is 31.0. The van der Waals surface area contributed by atoms with Gasteiger partial charge < -0.3 is 39.0 Å². The minimum absolute atomic E-state index is 0.116. The van der Waals surface area contributed by atoms with Crippen molar-refractivity contribution in [1.82, 2.24) is 0 Å². The average molecular weight is 841 g/mol. The van der Waals surface area contributed by atoms with Gasteiger partial charge in [-0.2, -0.15) is 0 Å². The molecule has 6 aliphatic rings. The molecule has 6 rings (SSSR count). The van der Waals surface area contributed by atoms with Crippen molar-refractivity contribution in [3.63, 3.8) is 0 Å². The van der Waals surface area contributed by atoms with Gasteiger partial charge in [-0.15, -0.1) is 0 Å². The van der Waals surface area contributed by atoms with Crippen LogP contribution in [0.3, 0.4) is 0 Å². The lowest BCUT2D eigenvalue weighted by molar-refractivity contribution is -0.342. The molecule has 1 aliphatic heterocycles. The molecule has 0 aromatic heterocycles. The predicted octanol–water partition coefficient (Wildman–Crippen LogP) is 7.79. The van der Waals surface area contributed by atoms with E-state index in [1.54, 1.807) is 46.8 Å². The second-order valence-corrected chi connectivity index (χ2v) is 21.8. The zero-order chi connectivity index (χ0) is 44.7. The quantitative estimate of drug-likeness (QED) is 0.0721. The van der Waals surface area contributed by atoms with Crippen LogP contribution in [0, 0.1) is 56.2 Å². The number of aliphatic hydroxyl groups excluding tert-OH is 3. The van der Waals surface area contributed by atoms with Crippen LogP contribution in [0.25, 0.3) is 0 Å². The first-order valence-electron chi connectivity index (χ1n) is 22.7. The summed E-state index contributed by atoms with van der Waals surface area (Å²) in [7, 11) is 0. The van der Waals surface area contributed by atoms with Gasteiger partial charge >= 0.3 is 17.9 Å². The molecule has 5 fully saturated rings. The number of esters is 3. The topological polar surface area (TPSA) is 158 Å². The number of allylic oxidation sites excluding steroid dienone is 4. The number of hydrogen-bond donors (Lipinski definition) is 3. The van der Waals surface area contributed by atoms with Gasteiger partial charge in [0.15, 0.2) is 18.5 Å². The van der Waals surface area contributed by atoms with Crippen LogP contribution in [0.2, 0.25) is 0 Å². The summed E-state index contributed by atoms with van der Waals surface area (Å²) in [4.78, 5) is 39.4. The van der Waals surface area contributed by atoms with E-state index < -0.39 is 84.4 Å². The van der Waals surface area contributed by atoms with E-state index in [0.29, 0.717) is 41.7 Å². The Morgan fingerprint density at radius 3 is 1.98 bits per heavy atom. The molecule has 0 aromatic rings. The van der Waals surface area contributed by atoms with Gasteiger partial charge in [0.2, 0.25) is 0 Å². The summed E-state index contributed by atoms with van der Waals surface area (Å²) in [6, 6.07) is 0. The normalized spacial score (nSPS) is 46.0. The number of fused-ring (bicyclic) bond motifs is 7. The van der Waals surface area contributed by atoms with Gasteiger partial charge in [0, 0.05) is 18.1 Å². The Morgan fingerprint density at radius 1 is 0.817 bits per heavy atom. The molecular formula is C49H76O11. The van der Waals surface area contributed by atoms with Gasteiger partial charge in [0.05, 0.1) is 24.2 Å². The number of carbonyl (C=O) groups excluding carboxylic acids is 3. The Balaban J connectivity index is 1.38. The molecule has 0 bridgehead atoms. The van der Waals surface area contributed by atoms with Crippen LogP contribution in [0.15, 0.2) is 34.9 Å². The van der Waals surface area contributed by atoms with Crippen molar-refractivity contribution in [3.05, 3.63) is 34.9 Å². The molecule has 5 unspecified atom stereocenters. The lowest BCUT2D eigenvalue weighted by atomic mass is 9.32. The van der Waals surface area contributed by atoms with Crippen molar-refractivity contribution in [2.45, 2.75) is 191 Å². The fourth-order valence-electron chi connectivity index (χ4n) is 13.8. The van der Waals surface area contributed by atoms with Gasteiger partial charge in [-0.3, -0.25) is 4.79 Å². The predicted molar refractivity (Wildman–Crippen MR) is 227 cm³/mol. The largest absolute Gasteiger partial charge is 0.459 e. The van der Waals surface area contributed by atoms with E-state index in [4.69, 9.17) is 23.7 Å². The maximum absolute atomic E-state index is 13.2. The maximum Gasteiger partial charge on any atom is 0.333 e. The monoisotopic (exact) mass is 841 g/mol. The summed E-state index contributed by atoms with van der Waals surface area (Å²) >= 11 is 0. The maximum atomic E-state index is 13.2. The van der Waals surface area contributed by atoms with Gasteiger partial charge in [-0.05, 0) is 130 Å². The zero-order valence-electron chi connectivity index (χ0n) is 38.9. The number of ether oxygens (including phenoxy) is 5. The minimum Gasteiger partial charge on any atom is -0.459 e. The van der Waals surface area contributed by atoms with E-state index in [1.165, 1.54) is 25.3 Å². The molecule has 60 heavy (non-hydrogen) atoms. The molecule has 1 saturated heterocycles. The van der Waals surface area contributed by atoms with Crippen LogP contribution in [0.4, 0.5) is 0 Å². The SMILES string of the molecule is CC=C(C)C(=O)O[C@@H]1C(O)[C@H](O[C@H]2[C@@H](OC(C)=O)[C@@]3(CO)C(CC2(C)C)C2=CCC4[C@@]5(C)CC[C@H](C)C(C)(C)C5CC[C@@]4(C)[C@]2(C)C[C@@H]3O)OC(C)[C@@H]1OC(=O)C(C)=CC. The van der Waals surface area contributed by atoms with Crippen LogP contribution in [0.5, 0.6) is 0 Å².